The molecule has 0 unspecified atom stereocenters. The van der Waals surface area contributed by atoms with Gasteiger partial charge in [0.15, 0.2) is 0 Å². The van der Waals surface area contributed by atoms with E-state index < -0.39 is 0 Å². The number of rotatable bonds is 1. The highest BCUT2D eigenvalue weighted by Gasteiger charge is 2.33. The number of aryl methyl sites for hydroxylation is 1. The molecule has 0 spiro atoms. The van der Waals surface area contributed by atoms with Crippen LogP contribution in [0.5, 0.6) is 0 Å². The Morgan fingerprint density at radius 1 is 0.857 bits per heavy atom. The van der Waals surface area contributed by atoms with Crippen LogP contribution < -0.4 is 0 Å². The van der Waals surface area contributed by atoms with E-state index in [4.69, 9.17) is 0 Å². The van der Waals surface area contributed by atoms with Crippen LogP contribution in [0, 0.1) is 6.07 Å². The lowest BCUT2D eigenvalue weighted by Crippen LogP contribution is -2.21. The molecule has 2 bridgehead atoms. The Morgan fingerprint density at radius 3 is 2.62 bits per heavy atom. The van der Waals surface area contributed by atoms with E-state index >= 15 is 0 Å². The first-order valence-corrected chi connectivity index (χ1v) is 8.57. The molecule has 0 heterocycles. The Labute approximate surface area is 127 Å². The molecule has 0 saturated heterocycles. The summed E-state index contributed by atoms with van der Waals surface area (Å²) in [5.41, 5.74) is 9.14. The van der Waals surface area contributed by atoms with Crippen LogP contribution >= 0.6 is 0 Å². The fourth-order valence-electron chi connectivity index (χ4n) is 4.94. The van der Waals surface area contributed by atoms with Crippen LogP contribution in [0.4, 0.5) is 0 Å². The lowest BCUT2D eigenvalue weighted by molar-refractivity contribution is 0.358. The molecule has 1 fully saturated rings. The van der Waals surface area contributed by atoms with Crippen molar-refractivity contribution >= 4 is 0 Å². The van der Waals surface area contributed by atoms with Crippen LogP contribution in [0.3, 0.4) is 0 Å². The molecule has 0 aliphatic heterocycles. The zero-order valence-corrected chi connectivity index (χ0v) is 12.5. The van der Waals surface area contributed by atoms with Gasteiger partial charge < -0.3 is 0 Å². The molecular weight excluding hydrogens is 252 g/mol. The van der Waals surface area contributed by atoms with E-state index in [0.717, 1.165) is 11.8 Å². The van der Waals surface area contributed by atoms with Crippen molar-refractivity contribution in [3.8, 4) is 11.1 Å². The van der Waals surface area contributed by atoms with Crippen molar-refractivity contribution in [1.29, 1.82) is 0 Å². The first kappa shape index (κ1) is 12.0. The second kappa shape index (κ2) is 4.47. The van der Waals surface area contributed by atoms with Gasteiger partial charge in [0.2, 0.25) is 0 Å². The zero-order valence-electron chi connectivity index (χ0n) is 12.5. The molecule has 0 aromatic heterocycles. The largest absolute Gasteiger partial charge is 0.0614 e. The third kappa shape index (κ3) is 1.75. The summed E-state index contributed by atoms with van der Waals surface area (Å²) >= 11 is 0. The Bertz CT molecular complexity index is 702. The normalized spacial score (nSPS) is 25.7. The van der Waals surface area contributed by atoms with Gasteiger partial charge in [-0.3, -0.25) is 0 Å². The summed E-state index contributed by atoms with van der Waals surface area (Å²) in [6, 6.07) is 15.5. The van der Waals surface area contributed by atoms with Crippen LogP contribution in [0.25, 0.3) is 11.1 Å². The molecule has 2 aromatic carbocycles. The highest BCUT2D eigenvalue weighted by molar-refractivity contribution is 5.70. The lowest BCUT2D eigenvalue weighted by Gasteiger charge is -2.38. The molecule has 21 heavy (non-hydrogen) atoms. The van der Waals surface area contributed by atoms with E-state index in [2.05, 4.69) is 36.4 Å². The highest BCUT2D eigenvalue weighted by atomic mass is 14.4. The van der Waals surface area contributed by atoms with Crippen molar-refractivity contribution in [2.45, 2.75) is 56.8 Å². The van der Waals surface area contributed by atoms with Gasteiger partial charge in [-0.1, -0.05) is 30.3 Å². The molecule has 1 radical (unpaired) electrons. The fourth-order valence-corrected chi connectivity index (χ4v) is 4.94. The summed E-state index contributed by atoms with van der Waals surface area (Å²) in [5, 5.41) is 0. The average Bonchev–Trinajstić information content (AvgIpc) is 3.04. The standard InChI is InChI=1S/C21H21/c1-3-14-4-2-6-19(18(14)5-1)17-11-12-20-15-7-9-16(10-8-15)21(20)13-17/h2,4,6,11-12,15-16H,1,3,5,7-10H2. The predicted octanol–water partition coefficient (Wildman–Crippen LogP) is 5.40. The molecule has 0 amide bonds. The van der Waals surface area contributed by atoms with Crippen LogP contribution in [-0.2, 0) is 12.8 Å². The van der Waals surface area contributed by atoms with Gasteiger partial charge in [-0.15, -0.1) is 0 Å². The van der Waals surface area contributed by atoms with E-state index in [1.54, 1.807) is 22.3 Å². The van der Waals surface area contributed by atoms with Gasteiger partial charge in [-0.2, -0.15) is 0 Å². The number of hydrogen-bond acceptors (Lipinski definition) is 0. The molecule has 2 aromatic rings. The van der Waals surface area contributed by atoms with Crippen LogP contribution in [-0.4, -0.2) is 0 Å². The smallest absolute Gasteiger partial charge is 0.00583 e. The first-order chi connectivity index (χ1) is 10.4. The van der Waals surface area contributed by atoms with Gasteiger partial charge >= 0.3 is 0 Å². The predicted molar refractivity (Wildman–Crippen MR) is 86.7 cm³/mol. The minimum Gasteiger partial charge on any atom is -0.0614 e. The van der Waals surface area contributed by atoms with Crippen molar-refractivity contribution in [2.24, 2.45) is 0 Å². The lowest BCUT2D eigenvalue weighted by atomic mass is 9.66. The zero-order chi connectivity index (χ0) is 13.8. The number of benzene rings is 2. The maximum absolute atomic E-state index is 3.84. The molecular formula is C21H21. The summed E-state index contributed by atoms with van der Waals surface area (Å²) in [4.78, 5) is 0. The van der Waals surface area contributed by atoms with Gasteiger partial charge in [0, 0.05) is 0 Å². The molecule has 4 aliphatic rings. The summed E-state index contributed by atoms with van der Waals surface area (Å²) in [7, 11) is 0. The Morgan fingerprint density at radius 2 is 1.71 bits per heavy atom. The van der Waals surface area contributed by atoms with Crippen molar-refractivity contribution in [1.82, 2.24) is 0 Å². The fraction of sp³-hybridized carbons (Fsp3) is 0.429. The second-order valence-electron chi connectivity index (χ2n) is 7.09. The van der Waals surface area contributed by atoms with Gasteiger partial charge in [-0.05, 0) is 96.2 Å². The molecule has 0 N–H and O–H groups in total. The van der Waals surface area contributed by atoms with Crippen molar-refractivity contribution < 1.29 is 0 Å². The van der Waals surface area contributed by atoms with E-state index in [-0.39, 0.29) is 0 Å². The molecule has 4 aliphatic carbocycles. The molecule has 6 rings (SSSR count). The van der Waals surface area contributed by atoms with E-state index in [0.29, 0.717) is 0 Å². The Hall–Kier alpha value is -1.56. The number of fused-ring (bicyclic) bond motifs is 3. The van der Waals surface area contributed by atoms with E-state index in [9.17, 15) is 0 Å². The van der Waals surface area contributed by atoms with Crippen molar-refractivity contribution in [3.63, 3.8) is 0 Å². The van der Waals surface area contributed by atoms with E-state index in [1.165, 1.54) is 56.1 Å². The maximum atomic E-state index is 3.84. The maximum Gasteiger partial charge on any atom is -0.00583 e. The molecule has 105 valence electrons. The summed E-state index contributed by atoms with van der Waals surface area (Å²) in [5.74, 6) is 1.62. The third-order valence-corrected chi connectivity index (χ3v) is 6.02. The molecule has 1 saturated carbocycles. The summed E-state index contributed by atoms with van der Waals surface area (Å²) < 4.78 is 0. The minimum atomic E-state index is 0.793. The van der Waals surface area contributed by atoms with Crippen LogP contribution in [0.1, 0.15) is 66.2 Å². The van der Waals surface area contributed by atoms with E-state index in [1.807, 2.05) is 0 Å². The molecule has 0 heteroatoms. The van der Waals surface area contributed by atoms with Crippen molar-refractivity contribution in [2.75, 3.05) is 0 Å². The topological polar surface area (TPSA) is 0 Å². The van der Waals surface area contributed by atoms with Crippen molar-refractivity contribution in [3.05, 3.63) is 58.7 Å². The van der Waals surface area contributed by atoms with Crippen LogP contribution in [0.15, 0.2) is 30.3 Å². The summed E-state index contributed by atoms with van der Waals surface area (Å²) in [6.45, 7) is 0. The van der Waals surface area contributed by atoms with Gasteiger partial charge in [-0.25, -0.2) is 0 Å². The van der Waals surface area contributed by atoms with Gasteiger partial charge in [0.05, 0.1) is 0 Å². The van der Waals surface area contributed by atoms with Gasteiger partial charge in [0.1, 0.15) is 0 Å². The monoisotopic (exact) mass is 273 g/mol. The molecule has 0 nitrogen and oxygen atoms in total. The van der Waals surface area contributed by atoms with Gasteiger partial charge in [0.25, 0.3) is 0 Å². The number of hydrogen-bond donors (Lipinski definition) is 0. The quantitative estimate of drug-likeness (QED) is 0.653. The Kier molecular flexibility index (Phi) is 2.56. The van der Waals surface area contributed by atoms with Crippen LogP contribution in [0.2, 0.25) is 0 Å². The summed E-state index contributed by atoms with van der Waals surface area (Å²) in [6.07, 6.45) is 9.44. The minimum absolute atomic E-state index is 0.793. The third-order valence-electron chi connectivity index (χ3n) is 6.02. The average molecular weight is 273 g/mol. The second-order valence-corrected chi connectivity index (χ2v) is 7.09. The first-order valence-electron chi connectivity index (χ1n) is 8.57. The highest BCUT2D eigenvalue weighted by Crippen LogP contribution is 2.50. The SMILES string of the molecule is [c]1c(-c2cccc3c2CCC3)ccc2c1C1CCC2CC1. The molecule has 0 atom stereocenters. The Balaban J connectivity index is 1.66.